The number of piperazine rings is 1. The van der Waals surface area contributed by atoms with Gasteiger partial charge in [-0.05, 0) is 54.8 Å². The van der Waals surface area contributed by atoms with Crippen molar-refractivity contribution in [3.05, 3.63) is 64.6 Å². The summed E-state index contributed by atoms with van der Waals surface area (Å²) in [6, 6.07) is 12.6. The number of halogens is 2. The lowest BCUT2D eigenvalue weighted by molar-refractivity contribution is -0.131. The Morgan fingerprint density at radius 3 is 2.60 bits per heavy atom. The van der Waals surface area contributed by atoms with E-state index in [0.29, 0.717) is 30.1 Å². The summed E-state index contributed by atoms with van der Waals surface area (Å²) in [7, 11) is 1.99. The molecule has 1 unspecified atom stereocenters. The van der Waals surface area contributed by atoms with Crippen LogP contribution in [-0.2, 0) is 11.2 Å². The number of thioether (sulfide) groups is 1. The van der Waals surface area contributed by atoms with Crippen LogP contribution in [0.4, 0.5) is 20.3 Å². The normalized spacial score (nSPS) is 21.2. The molecule has 5 heterocycles. The third kappa shape index (κ3) is 5.51. The number of imidazole rings is 1. The van der Waals surface area contributed by atoms with Gasteiger partial charge in [0.25, 0.3) is 0 Å². The zero-order valence-corrected chi connectivity index (χ0v) is 24.6. The van der Waals surface area contributed by atoms with Crippen LogP contribution >= 0.6 is 11.8 Å². The Morgan fingerprint density at radius 2 is 1.93 bits per heavy atom. The van der Waals surface area contributed by atoms with E-state index in [1.807, 2.05) is 13.1 Å². The first-order valence-corrected chi connectivity index (χ1v) is 15.2. The zero-order valence-electron chi connectivity index (χ0n) is 23.8. The smallest absolute Gasteiger partial charge is 0.236 e. The van der Waals surface area contributed by atoms with E-state index in [1.165, 1.54) is 23.9 Å². The Bertz CT molecular complexity index is 1540. The number of allylic oxidation sites excluding steroid dienone is 1. The van der Waals surface area contributed by atoms with Gasteiger partial charge < -0.3 is 20.0 Å². The van der Waals surface area contributed by atoms with Gasteiger partial charge in [0, 0.05) is 46.0 Å². The molecule has 2 atom stereocenters. The maximum atomic E-state index is 13.5. The molecule has 3 aromatic rings. The van der Waals surface area contributed by atoms with Crippen molar-refractivity contribution in [3.63, 3.8) is 0 Å². The molecule has 0 radical (unpaired) electrons. The summed E-state index contributed by atoms with van der Waals surface area (Å²) in [6.07, 6.45) is 2.39. The minimum atomic E-state index is -0.898. The zero-order chi connectivity index (χ0) is 29.4. The number of nitrogens with one attached hydrogen (secondary N) is 1. The van der Waals surface area contributed by atoms with Gasteiger partial charge in [0.15, 0.2) is 5.50 Å². The minimum absolute atomic E-state index is 0.0123. The number of hydrogen-bond acceptors (Lipinski definition) is 8. The first-order valence-electron chi connectivity index (χ1n) is 14.3. The van der Waals surface area contributed by atoms with Gasteiger partial charge in [-0.3, -0.25) is 14.1 Å². The summed E-state index contributed by atoms with van der Waals surface area (Å²) in [5.41, 5.74) is 4.06. The predicted octanol–water partition coefficient (Wildman–Crippen LogP) is 3.68. The molecule has 2 saturated heterocycles. The summed E-state index contributed by atoms with van der Waals surface area (Å²) in [5, 5.41) is 13.3. The molecule has 220 valence electrons. The standard InChI is InChI=1S/C30H34F2N8OS/c1-3-24-29(36(2)30-35-28(25(16-33)42-30)20-4-6-21(31)7-5-20)40-18-23(8-9-26(40)34-24)38-14-12-37(13-15-38)19-27(41)39-11-10-22(32)17-39/h4-9,18,22,30,35H,3,10-15,17,19H2,1-2H3/t22-,30?/m1/s1. The van der Waals surface area contributed by atoms with Crippen molar-refractivity contribution < 1.29 is 13.6 Å². The summed E-state index contributed by atoms with van der Waals surface area (Å²) in [4.78, 5) is 26.2. The van der Waals surface area contributed by atoms with Crippen molar-refractivity contribution in [2.24, 2.45) is 0 Å². The third-order valence-corrected chi connectivity index (χ3v) is 9.39. The number of benzene rings is 1. The number of aryl methyl sites for hydroxylation is 1. The summed E-state index contributed by atoms with van der Waals surface area (Å²) in [6.45, 7) is 6.21. The number of carbonyl (C=O) groups is 1. The lowest BCUT2D eigenvalue weighted by Crippen LogP contribution is -2.50. The van der Waals surface area contributed by atoms with E-state index in [4.69, 9.17) is 4.98 Å². The van der Waals surface area contributed by atoms with Gasteiger partial charge in [0.2, 0.25) is 5.91 Å². The summed E-state index contributed by atoms with van der Waals surface area (Å²) in [5.74, 6) is 0.635. The number of rotatable bonds is 7. The maximum absolute atomic E-state index is 13.5. The highest BCUT2D eigenvalue weighted by Crippen LogP contribution is 2.39. The number of likely N-dealkylation sites (tertiary alicyclic amines) is 1. The molecular formula is C30H34F2N8OS. The monoisotopic (exact) mass is 592 g/mol. The van der Waals surface area contributed by atoms with Crippen molar-refractivity contribution in [3.8, 4) is 6.07 Å². The first-order chi connectivity index (χ1) is 20.3. The number of carbonyl (C=O) groups excluding carboxylic acids is 1. The van der Waals surface area contributed by atoms with Crippen LogP contribution in [0.15, 0.2) is 47.5 Å². The van der Waals surface area contributed by atoms with Crippen molar-refractivity contribution in [1.82, 2.24) is 24.5 Å². The Morgan fingerprint density at radius 1 is 1.17 bits per heavy atom. The van der Waals surface area contributed by atoms with Crippen LogP contribution < -0.4 is 15.1 Å². The van der Waals surface area contributed by atoms with Crippen LogP contribution in [0.1, 0.15) is 24.6 Å². The van der Waals surface area contributed by atoms with Crippen LogP contribution in [0.2, 0.25) is 0 Å². The molecule has 42 heavy (non-hydrogen) atoms. The van der Waals surface area contributed by atoms with E-state index in [9.17, 15) is 18.8 Å². The number of anilines is 2. The fraction of sp³-hybridized carbons (Fsp3) is 0.433. The largest absolute Gasteiger partial charge is 0.368 e. The van der Waals surface area contributed by atoms with Crippen molar-refractivity contribution in [1.29, 1.82) is 5.26 Å². The highest BCUT2D eigenvalue weighted by atomic mass is 32.2. The summed E-state index contributed by atoms with van der Waals surface area (Å²) < 4.78 is 29.2. The highest BCUT2D eigenvalue weighted by Gasteiger charge is 2.32. The number of amides is 1. The van der Waals surface area contributed by atoms with E-state index in [2.05, 4.69) is 49.7 Å². The van der Waals surface area contributed by atoms with Gasteiger partial charge in [0.05, 0.1) is 30.2 Å². The molecule has 2 fully saturated rings. The molecule has 1 aromatic carbocycles. The van der Waals surface area contributed by atoms with Crippen molar-refractivity contribution in [2.45, 2.75) is 31.4 Å². The third-order valence-electron chi connectivity index (χ3n) is 8.21. The molecule has 9 nitrogen and oxygen atoms in total. The van der Waals surface area contributed by atoms with Gasteiger partial charge in [-0.25, -0.2) is 13.8 Å². The second-order valence-electron chi connectivity index (χ2n) is 10.9. The highest BCUT2D eigenvalue weighted by molar-refractivity contribution is 8.04. The number of hydrogen-bond donors (Lipinski definition) is 1. The second kappa shape index (κ2) is 11.8. The van der Waals surface area contributed by atoms with E-state index < -0.39 is 6.17 Å². The molecule has 0 saturated carbocycles. The SMILES string of the molecule is CCc1nc2ccc(N3CCN(CC(=O)N4CC[C@@H](F)C4)CC3)cn2c1N(C)C1NC(c2ccc(F)cc2)=C(C#N)S1. The van der Waals surface area contributed by atoms with Gasteiger partial charge >= 0.3 is 0 Å². The average molecular weight is 593 g/mol. The molecule has 0 spiro atoms. The molecule has 3 aliphatic rings. The van der Waals surface area contributed by atoms with E-state index >= 15 is 0 Å². The van der Waals surface area contributed by atoms with Crippen molar-refractivity contribution in [2.75, 3.05) is 62.7 Å². The molecule has 2 aromatic heterocycles. The Labute approximate surface area is 248 Å². The topological polar surface area (TPSA) is 83.2 Å². The minimum Gasteiger partial charge on any atom is -0.368 e. The summed E-state index contributed by atoms with van der Waals surface area (Å²) >= 11 is 1.43. The quantitative estimate of drug-likeness (QED) is 0.445. The Balaban J connectivity index is 1.17. The lowest BCUT2D eigenvalue weighted by Gasteiger charge is -2.36. The molecule has 1 N–H and O–H groups in total. The molecule has 12 heteroatoms. The average Bonchev–Trinajstić information content (AvgIpc) is 3.73. The van der Waals surface area contributed by atoms with Crippen molar-refractivity contribution >= 4 is 40.5 Å². The van der Waals surface area contributed by atoms with Crippen LogP contribution in [0.5, 0.6) is 0 Å². The van der Waals surface area contributed by atoms with Crippen LogP contribution in [0.25, 0.3) is 11.3 Å². The number of pyridine rings is 1. The maximum Gasteiger partial charge on any atom is 0.236 e. The number of fused-ring (bicyclic) bond motifs is 1. The van der Waals surface area contributed by atoms with Gasteiger partial charge in [-0.2, -0.15) is 5.26 Å². The van der Waals surface area contributed by atoms with Crippen LogP contribution in [0.3, 0.4) is 0 Å². The van der Waals surface area contributed by atoms with E-state index in [0.717, 1.165) is 61.0 Å². The number of alkyl halides is 1. The molecule has 1 amide bonds. The van der Waals surface area contributed by atoms with Crippen LogP contribution in [-0.4, -0.2) is 89.6 Å². The van der Waals surface area contributed by atoms with Crippen LogP contribution in [0, 0.1) is 17.1 Å². The molecule has 6 rings (SSSR count). The van der Waals surface area contributed by atoms with E-state index in [-0.39, 0.29) is 23.8 Å². The van der Waals surface area contributed by atoms with Gasteiger partial charge in [0.1, 0.15) is 34.4 Å². The fourth-order valence-electron chi connectivity index (χ4n) is 5.86. The van der Waals surface area contributed by atoms with E-state index in [1.54, 1.807) is 17.0 Å². The molecule has 0 bridgehead atoms. The molecule has 0 aliphatic carbocycles. The van der Waals surface area contributed by atoms with Gasteiger partial charge in [-0.1, -0.05) is 18.7 Å². The first kappa shape index (κ1) is 28.3. The predicted molar refractivity (Wildman–Crippen MR) is 161 cm³/mol. The lowest BCUT2D eigenvalue weighted by atomic mass is 10.1. The fourth-order valence-corrected chi connectivity index (χ4v) is 6.86. The second-order valence-corrected chi connectivity index (χ2v) is 12.0. The molecule has 3 aliphatic heterocycles. The number of nitriles is 1. The van der Waals surface area contributed by atoms with Gasteiger partial charge in [-0.15, -0.1) is 0 Å². The molecular weight excluding hydrogens is 558 g/mol. The number of aromatic nitrogens is 2. The number of nitrogens with zero attached hydrogens (tertiary/aromatic N) is 7. The Hall–Kier alpha value is -3.82. The Kier molecular flexibility index (Phi) is 7.96.